The highest BCUT2D eigenvalue weighted by Gasteiger charge is 1.53. The molecule has 0 aromatic rings. The van der Waals surface area contributed by atoms with Gasteiger partial charge in [-0.3, -0.25) is 5.41 Å². The van der Waals surface area contributed by atoms with E-state index >= 15 is 0 Å². The quantitative estimate of drug-likeness (QED) is 0.262. The van der Waals surface area contributed by atoms with E-state index < -0.39 is 0 Å². The molecule has 3 N–H and O–H groups in total. The van der Waals surface area contributed by atoms with E-state index in [2.05, 4.69) is 5.73 Å². The maximum atomic E-state index is 6.24. The van der Waals surface area contributed by atoms with Gasteiger partial charge >= 0.3 is 0 Å². The van der Waals surface area contributed by atoms with Gasteiger partial charge in [-0.15, -0.1) is 12.4 Å². The topological polar surface area (TPSA) is 49.9 Å². The Morgan fingerprint density at radius 1 is 1.80 bits per heavy atom. The smallest absolute Gasteiger partial charge is 0.107 e. The number of hydrogen-bond donors (Lipinski definition) is 2. The van der Waals surface area contributed by atoms with Gasteiger partial charge in [-0.1, -0.05) is 9.24 Å². The fourth-order valence-corrected chi connectivity index (χ4v) is 0. The van der Waals surface area contributed by atoms with Crippen LogP contribution >= 0.6 is 21.6 Å². The normalized spacial score (nSPS) is 5.00. The Morgan fingerprint density at radius 3 is 1.80 bits per heavy atom. The Kier molecular flexibility index (Phi) is 7.50. The Balaban J connectivity index is 0. The van der Waals surface area contributed by atoms with E-state index in [1.54, 1.807) is 0 Å². The van der Waals surface area contributed by atoms with Crippen molar-refractivity contribution in [2.45, 2.75) is 0 Å². The maximum Gasteiger partial charge on any atom is 0.107 e. The zero-order chi connectivity index (χ0) is 3.58. The second kappa shape index (κ2) is 4.19. The van der Waals surface area contributed by atoms with Gasteiger partial charge in [-0.05, 0) is 0 Å². The summed E-state index contributed by atoms with van der Waals surface area (Å²) in [7, 11) is 2.02. The summed E-state index contributed by atoms with van der Waals surface area (Å²) < 4.78 is 0. The molecular formula is CH6ClN2P. The van der Waals surface area contributed by atoms with Crippen LogP contribution in [0.1, 0.15) is 0 Å². The molecule has 2 nitrogen and oxygen atoms in total. The molecule has 0 radical (unpaired) electrons. The van der Waals surface area contributed by atoms with Crippen molar-refractivity contribution in [2.24, 2.45) is 5.73 Å². The van der Waals surface area contributed by atoms with E-state index in [0.717, 1.165) is 0 Å². The molecular weight excluding hydrogens is 106 g/mol. The van der Waals surface area contributed by atoms with Crippen molar-refractivity contribution in [1.29, 1.82) is 5.41 Å². The molecule has 0 spiro atoms. The number of rotatable bonds is 0. The molecule has 0 rings (SSSR count). The van der Waals surface area contributed by atoms with Crippen molar-refractivity contribution < 1.29 is 0 Å². The summed E-state index contributed by atoms with van der Waals surface area (Å²) in [5.41, 5.74) is 4.74. The average molecular weight is 113 g/mol. The van der Waals surface area contributed by atoms with Crippen molar-refractivity contribution in [1.82, 2.24) is 0 Å². The van der Waals surface area contributed by atoms with Gasteiger partial charge in [-0.2, -0.15) is 0 Å². The van der Waals surface area contributed by atoms with Gasteiger partial charge in [0.05, 0.1) is 0 Å². The summed E-state index contributed by atoms with van der Waals surface area (Å²) in [6.07, 6.45) is 0. The molecule has 4 heteroatoms. The molecule has 0 aliphatic heterocycles. The van der Waals surface area contributed by atoms with Crippen molar-refractivity contribution in [3.63, 3.8) is 0 Å². The van der Waals surface area contributed by atoms with Crippen LogP contribution in [0.3, 0.4) is 0 Å². The highest BCUT2D eigenvalue weighted by Crippen LogP contribution is 1.66. The van der Waals surface area contributed by atoms with Crippen LogP contribution in [0.5, 0.6) is 0 Å². The van der Waals surface area contributed by atoms with Crippen LogP contribution < -0.4 is 5.73 Å². The number of hydrogen-bond acceptors (Lipinski definition) is 1. The third-order valence-electron chi connectivity index (χ3n) is 0. The zero-order valence-corrected chi connectivity index (χ0v) is 4.53. The standard InChI is InChI=1S/CH5N2P.ClH/c2-1(3)4;/h4H2,(H3,2,3);1H. The van der Waals surface area contributed by atoms with Crippen LogP contribution in [0.25, 0.3) is 0 Å². The molecule has 1 atom stereocenters. The van der Waals surface area contributed by atoms with Gasteiger partial charge in [0.15, 0.2) is 0 Å². The Hall–Kier alpha value is 0.190. The van der Waals surface area contributed by atoms with Crippen LogP contribution in [-0.4, -0.2) is 5.58 Å². The van der Waals surface area contributed by atoms with Crippen molar-refractivity contribution >= 4 is 27.2 Å². The molecule has 0 amide bonds. The van der Waals surface area contributed by atoms with Crippen LogP contribution in [0, 0.1) is 5.41 Å². The largest absolute Gasteiger partial charge is 0.384 e. The Bertz CT molecular complexity index is 32.6. The second-order valence-corrected chi connectivity index (χ2v) is 1.08. The lowest BCUT2D eigenvalue weighted by atomic mass is 11.4. The molecule has 32 valence electrons. The van der Waals surface area contributed by atoms with Crippen LogP contribution in [-0.2, 0) is 0 Å². The second-order valence-electron chi connectivity index (χ2n) is 0.455. The van der Waals surface area contributed by atoms with Gasteiger partial charge in [0.1, 0.15) is 5.58 Å². The van der Waals surface area contributed by atoms with Gasteiger partial charge in [0, 0.05) is 0 Å². The Morgan fingerprint density at radius 2 is 1.80 bits per heavy atom. The highest BCUT2D eigenvalue weighted by atomic mass is 35.5. The minimum absolute atomic E-state index is 0. The molecule has 0 aromatic heterocycles. The molecule has 0 aromatic carbocycles. The zero-order valence-electron chi connectivity index (χ0n) is 2.56. The van der Waals surface area contributed by atoms with Gasteiger partial charge in [0.25, 0.3) is 0 Å². The molecule has 0 aliphatic rings. The monoisotopic (exact) mass is 112 g/mol. The van der Waals surface area contributed by atoms with Crippen molar-refractivity contribution in [3.8, 4) is 0 Å². The lowest BCUT2D eigenvalue weighted by Crippen LogP contribution is -1.95. The van der Waals surface area contributed by atoms with E-state index in [1.165, 1.54) is 0 Å². The van der Waals surface area contributed by atoms with E-state index in [-0.39, 0.29) is 18.0 Å². The minimum Gasteiger partial charge on any atom is -0.384 e. The molecule has 0 heterocycles. The van der Waals surface area contributed by atoms with Crippen LogP contribution in [0.15, 0.2) is 0 Å². The number of amidine groups is 1. The SMILES string of the molecule is Cl.N=C(N)P. The first-order chi connectivity index (χ1) is 1.73. The van der Waals surface area contributed by atoms with E-state index in [0.29, 0.717) is 0 Å². The first-order valence-electron chi connectivity index (χ1n) is 0.827. The van der Waals surface area contributed by atoms with Crippen LogP contribution in [0.2, 0.25) is 0 Å². The minimum atomic E-state index is 0. The molecule has 0 saturated carbocycles. The molecule has 0 bridgehead atoms. The van der Waals surface area contributed by atoms with Crippen molar-refractivity contribution in [2.75, 3.05) is 0 Å². The first kappa shape index (κ1) is 8.95. The van der Waals surface area contributed by atoms with Gasteiger partial charge < -0.3 is 5.73 Å². The fraction of sp³-hybridized carbons (Fsp3) is 0. The summed E-state index contributed by atoms with van der Waals surface area (Å²) in [6.45, 7) is 0. The summed E-state index contributed by atoms with van der Waals surface area (Å²) in [5, 5.41) is 6.24. The van der Waals surface area contributed by atoms with Crippen LogP contribution in [0.4, 0.5) is 0 Å². The molecule has 0 aliphatic carbocycles. The molecule has 0 fully saturated rings. The highest BCUT2D eigenvalue weighted by molar-refractivity contribution is 7.40. The summed E-state index contributed by atoms with van der Waals surface area (Å²) in [6, 6.07) is 0. The molecule has 1 unspecified atom stereocenters. The number of halogens is 1. The van der Waals surface area contributed by atoms with E-state index in [4.69, 9.17) is 5.41 Å². The summed E-state index contributed by atoms with van der Waals surface area (Å²) >= 11 is 0. The lowest BCUT2D eigenvalue weighted by Gasteiger charge is -1.66. The first-order valence-corrected chi connectivity index (χ1v) is 1.40. The Labute approximate surface area is 39.2 Å². The summed E-state index contributed by atoms with van der Waals surface area (Å²) in [5.74, 6) is 0. The third kappa shape index (κ3) is 557. The van der Waals surface area contributed by atoms with Gasteiger partial charge in [-0.25, -0.2) is 0 Å². The summed E-state index contributed by atoms with van der Waals surface area (Å²) in [4.78, 5) is 0. The van der Waals surface area contributed by atoms with E-state index in [1.807, 2.05) is 9.24 Å². The third-order valence-corrected chi connectivity index (χ3v) is 0. The maximum absolute atomic E-state index is 6.24. The lowest BCUT2D eigenvalue weighted by molar-refractivity contribution is 1.51. The molecule has 0 saturated heterocycles. The fourth-order valence-electron chi connectivity index (χ4n) is 0. The predicted molar refractivity (Wildman–Crippen MR) is 28.9 cm³/mol. The number of nitrogens with two attached hydrogens (primary N) is 1. The van der Waals surface area contributed by atoms with Crippen molar-refractivity contribution in [3.05, 3.63) is 0 Å². The predicted octanol–water partition coefficient (Wildman–Crippen LogP) is 0.177. The average Bonchev–Trinajstić information content (AvgIpc) is 0.811. The molecule has 5 heavy (non-hydrogen) atoms. The van der Waals surface area contributed by atoms with Gasteiger partial charge in [0.2, 0.25) is 0 Å². The number of nitrogens with one attached hydrogen (secondary N) is 1. The van der Waals surface area contributed by atoms with E-state index in [9.17, 15) is 0 Å².